The molecule has 116 valence electrons. The van der Waals surface area contributed by atoms with Gasteiger partial charge in [0.05, 0.1) is 11.9 Å². The maximum Gasteiger partial charge on any atom is 0.145 e. The summed E-state index contributed by atoms with van der Waals surface area (Å²) in [4.78, 5) is 9.01. The molecule has 1 heterocycles. The van der Waals surface area contributed by atoms with Crippen LogP contribution in [0.4, 0.5) is 5.82 Å². The highest BCUT2D eigenvalue weighted by Crippen LogP contribution is 2.24. The Balaban J connectivity index is 2.10. The number of nitrogens with zero attached hydrogens (tertiary/aromatic N) is 2. The molecule has 0 radical (unpaired) electrons. The van der Waals surface area contributed by atoms with E-state index in [9.17, 15) is 0 Å². The third kappa shape index (κ3) is 4.07. The molecule has 0 spiro atoms. The van der Waals surface area contributed by atoms with Gasteiger partial charge in [-0.25, -0.2) is 4.98 Å². The fourth-order valence-corrected chi connectivity index (χ4v) is 2.47. The number of nitrogens with two attached hydrogens (primary N) is 1. The lowest BCUT2D eigenvalue weighted by Crippen LogP contribution is -2.18. The Hall–Kier alpha value is -2.36. The minimum absolute atomic E-state index is 0.184. The summed E-state index contributed by atoms with van der Waals surface area (Å²) < 4.78 is 0. The number of hydrogen-bond acceptors (Lipinski definition) is 4. The third-order valence-corrected chi connectivity index (χ3v) is 3.72. The van der Waals surface area contributed by atoms with Crippen LogP contribution in [-0.4, -0.2) is 16.0 Å². The van der Waals surface area contributed by atoms with E-state index in [0.717, 1.165) is 23.6 Å². The number of rotatable bonds is 5. The Labute approximate surface area is 132 Å². The molecule has 0 saturated carbocycles. The van der Waals surface area contributed by atoms with Gasteiger partial charge >= 0.3 is 0 Å². The van der Waals surface area contributed by atoms with Crippen molar-refractivity contribution >= 4 is 5.82 Å². The molecule has 0 aliphatic heterocycles. The van der Waals surface area contributed by atoms with Crippen LogP contribution in [0.25, 0.3) is 0 Å². The van der Waals surface area contributed by atoms with Gasteiger partial charge in [0.25, 0.3) is 0 Å². The van der Waals surface area contributed by atoms with Crippen LogP contribution in [0.2, 0.25) is 0 Å². The van der Waals surface area contributed by atoms with E-state index in [2.05, 4.69) is 35.5 Å². The van der Waals surface area contributed by atoms with Gasteiger partial charge in [-0.2, -0.15) is 0 Å². The second kappa shape index (κ2) is 7.59. The summed E-state index contributed by atoms with van der Waals surface area (Å²) in [6.45, 7) is 6.18. The zero-order valence-electron chi connectivity index (χ0n) is 13.5. The van der Waals surface area contributed by atoms with Crippen molar-refractivity contribution in [2.45, 2.75) is 39.2 Å². The standard InChI is InChI=1S/C18H24N4/c1-4-6-14(5-2)13(3)21-18-12-20-11-17(22-18)15-7-9-16(19)10-8-15/h4-7,9-13,15H,8,19H2,1-3H3,(H,21,22)/b6-4-,14-5+/t13-,15-/m0/s1. The molecule has 3 N–H and O–H groups in total. The van der Waals surface area contributed by atoms with Crippen LogP contribution < -0.4 is 11.1 Å². The molecule has 1 aliphatic rings. The molecule has 0 fully saturated rings. The topological polar surface area (TPSA) is 63.8 Å². The molecule has 1 aliphatic carbocycles. The van der Waals surface area contributed by atoms with Gasteiger partial charge in [-0.3, -0.25) is 4.98 Å². The maximum atomic E-state index is 5.76. The number of aromatic nitrogens is 2. The highest BCUT2D eigenvalue weighted by atomic mass is 15.0. The zero-order chi connectivity index (χ0) is 15.9. The van der Waals surface area contributed by atoms with Crippen molar-refractivity contribution < 1.29 is 0 Å². The Morgan fingerprint density at radius 3 is 2.86 bits per heavy atom. The summed E-state index contributed by atoms with van der Waals surface area (Å²) in [5.74, 6) is 1.04. The molecule has 1 aromatic heterocycles. The Morgan fingerprint density at radius 2 is 2.23 bits per heavy atom. The van der Waals surface area contributed by atoms with Gasteiger partial charge in [-0.15, -0.1) is 0 Å². The van der Waals surface area contributed by atoms with E-state index in [1.807, 2.05) is 38.3 Å². The first-order valence-corrected chi connectivity index (χ1v) is 7.65. The van der Waals surface area contributed by atoms with E-state index >= 15 is 0 Å². The first kappa shape index (κ1) is 16.0. The number of nitrogens with one attached hydrogen (secondary N) is 1. The van der Waals surface area contributed by atoms with Crippen LogP contribution >= 0.6 is 0 Å². The fourth-order valence-electron chi connectivity index (χ4n) is 2.47. The zero-order valence-corrected chi connectivity index (χ0v) is 13.5. The van der Waals surface area contributed by atoms with Crippen LogP contribution in [0.1, 0.15) is 38.8 Å². The van der Waals surface area contributed by atoms with Gasteiger partial charge in [-0.05, 0) is 38.8 Å². The summed E-state index contributed by atoms with van der Waals surface area (Å²) in [6.07, 6.45) is 16.8. The lowest BCUT2D eigenvalue weighted by molar-refractivity contribution is 0.795. The van der Waals surface area contributed by atoms with Crippen molar-refractivity contribution in [2.75, 3.05) is 5.32 Å². The van der Waals surface area contributed by atoms with E-state index < -0.39 is 0 Å². The molecule has 0 aromatic carbocycles. The molecule has 2 rings (SSSR count). The van der Waals surface area contributed by atoms with Crippen molar-refractivity contribution in [2.24, 2.45) is 5.73 Å². The lowest BCUT2D eigenvalue weighted by Gasteiger charge is -2.18. The lowest BCUT2D eigenvalue weighted by atomic mass is 9.96. The van der Waals surface area contributed by atoms with Crippen molar-refractivity contribution in [3.63, 3.8) is 0 Å². The minimum Gasteiger partial charge on any atom is -0.399 e. The average Bonchev–Trinajstić information content (AvgIpc) is 2.53. The largest absolute Gasteiger partial charge is 0.399 e. The van der Waals surface area contributed by atoms with Crippen molar-refractivity contribution in [1.29, 1.82) is 0 Å². The van der Waals surface area contributed by atoms with Crippen LogP contribution in [0.3, 0.4) is 0 Å². The van der Waals surface area contributed by atoms with E-state index in [0.29, 0.717) is 0 Å². The number of hydrogen-bond donors (Lipinski definition) is 2. The van der Waals surface area contributed by atoms with Gasteiger partial charge in [0, 0.05) is 23.9 Å². The van der Waals surface area contributed by atoms with E-state index in [4.69, 9.17) is 10.7 Å². The SMILES string of the molecule is C/C=C\C(=C/C)[C@H](C)Nc1cncc([C@H]2C=CC(N)=CC2)n1. The summed E-state index contributed by atoms with van der Waals surface area (Å²) in [6, 6.07) is 0.184. The number of anilines is 1. The monoisotopic (exact) mass is 296 g/mol. The van der Waals surface area contributed by atoms with Gasteiger partial charge < -0.3 is 11.1 Å². The molecular weight excluding hydrogens is 272 g/mol. The maximum absolute atomic E-state index is 5.76. The molecular formula is C18H24N4. The smallest absolute Gasteiger partial charge is 0.145 e. The summed E-state index contributed by atoms with van der Waals surface area (Å²) in [7, 11) is 0. The second-order valence-corrected chi connectivity index (χ2v) is 5.39. The van der Waals surface area contributed by atoms with Crippen molar-refractivity contribution in [1.82, 2.24) is 9.97 Å². The fraction of sp³-hybridized carbons (Fsp3) is 0.333. The quantitative estimate of drug-likeness (QED) is 0.813. The average molecular weight is 296 g/mol. The van der Waals surface area contributed by atoms with Gasteiger partial charge in [-0.1, -0.05) is 30.4 Å². The van der Waals surface area contributed by atoms with Crippen LogP contribution in [0, 0.1) is 0 Å². The molecule has 0 amide bonds. The van der Waals surface area contributed by atoms with E-state index in [1.165, 1.54) is 5.57 Å². The Bertz CT molecular complexity index is 626. The minimum atomic E-state index is 0.184. The second-order valence-electron chi connectivity index (χ2n) is 5.39. The molecule has 22 heavy (non-hydrogen) atoms. The van der Waals surface area contributed by atoms with Crippen molar-refractivity contribution in [3.05, 3.63) is 65.8 Å². The molecule has 4 nitrogen and oxygen atoms in total. The highest BCUT2D eigenvalue weighted by molar-refractivity contribution is 5.40. The van der Waals surface area contributed by atoms with Crippen LogP contribution in [0.5, 0.6) is 0 Å². The Morgan fingerprint density at radius 1 is 1.41 bits per heavy atom. The summed E-state index contributed by atoms with van der Waals surface area (Å²) in [5, 5.41) is 3.41. The van der Waals surface area contributed by atoms with Gasteiger partial charge in [0.2, 0.25) is 0 Å². The third-order valence-electron chi connectivity index (χ3n) is 3.72. The predicted octanol–water partition coefficient (Wildman–Crippen LogP) is 3.69. The molecule has 0 bridgehead atoms. The number of allylic oxidation sites excluding steroid dienone is 5. The first-order chi connectivity index (χ1) is 10.6. The van der Waals surface area contributed by atoms with Crippen LogP contribution in [0.15, 0.2) is 60.1 Å². The van der Waals surface area contributed by atoms with E-state index in [1.54, 1.807) is 6.20 Å². The summed E-state index contributed by atoms with van der Waals surface area (Å²) in [5.41, 5.74) is 8.77. The van der Waals surface area contributed by atoms with Crippen LogP contribution in [-0.2, 0) is 0 Å². The highest BCUT2D eigenvalue weighted by Gasteiger charge is 2.13. The molecule has 0 saturated heterocycles. The molecule has 2 atom stereocenters. The molecule has 1 aromatic rings. The van der Waals surface area contributed by atoms with Gasteiger partial charge in [0.15, 0.2) is 0 Å². The van der Waals surface area contributed by atoms with Gasteiger partial charge in [0.1, 0.15) is 5.82 Å². The predicted molar refractivity (Wildman–Crippen MR) is 92.5 cm³/mol. The molecule has 4 heteroatoms. The summed E-state index contributed by atoms with van der Waals surface area (Å²) >= 11 is 0. The first-order valence-electron chi connectivity index (χ1n) is 7.65. The van der Waals surface area contributed by atoms with Crippen molar-refractivity contribution in [3.8, 4) is 0 Å². The Kier molecular flexibility index (Phi) is 5.53. The van der Waals surface area contributed by atoms with E-state index in [-0.39, 0.29) is 12.0 Å². The normalized spacial score (nSPS) is 20.0. The molecule has 0 unspecified atom stereocenters.